The maximum absolute atomic E-state index is 12.5. The molecule has 1 amide bonds. The number of hydrogen-bond acceptors (Lipinski definition) is 2. The van der Waals surface area contributed by atoms with Gasteiger partial charge in [0.2, 0.25) is 0 Å². The van der Waals surface area contributed by atoms with Crippen LogP contribution in [-0.2, 0) is 4.79 Å². The van der Waals surface area contributed by atoms with Crippen molar-refractivity contribution < 1.29 is 9.53 Å². The third-order valence-electron chi connectivity index (χ3n) is 4.43. The van der Waals surface area contributed by atoms with E-state index in [4.69, 9.17) is 4.74 Å². The SMILES string of the molecule is CCOc1ccccc1C=C1C(=O)Nc2cc(-c3ccccc3)ccc21. The maximum atomic E-state index is 12.5. The van der Waals surface area contributed by atoms with Gasteiger partial charge in [-0.3, -0.25) is 4.79 Å². The molecule has 26 heavy (non-hydrogen) atoms. The third-order valence-corrected chi connectivity index (χ3v) is 4.43. The second kappa shape index (κ2) is 6.89. The monoisotopic (exact) mass is 341 g/mol. The Bertz CT molecular complexity index is 990. The summed E-state index contributed by atoms with van der Waals surface area (Å²) < 4.78 is 5.67. The molecule has 1 heterocycles. The molecule has 128 valence electrons. The standard InChI is InChI=1S/C23H19NO2/c1-2-26-22-11-7-6-10-18(22)14-20-19-13-12-17(15-21(19)24-23(20)25)16-8-4-3-5-9-16/h3-15H,2H2,1H3,(H,24,25). The molecule has 4 rings (SSSR count). The van der Waals surface area contributed by atoms with Crippen LogP contribution in [-0.4, -0.2) is 12.5 Å². The van der Waals surface area contributed by atoms with E-state index in [1.54, 1.807) is 0 Å². The first-order valence-electron chi connectivity index (χ1n) is 8.71. The van der Waals surface area contributed by atoms with Gasteiger partial charge in [0.1, 0.15) is 5.75 Å². The highest BCUT2D eigenvalue weighted by Gasteiger charge is 2.24. The molecule has 0 aliphatic carbocycles. The minimum atomic E-state index is -0.0866. The topological polar surface area (TPSA) is 38.3 Å². The zero-order chi connectivity index (χ0) is 17.9. The second-order valence-electron chi connectivity index (χ2n) is 6.11. The second-order valence-corrected chi connectivity index (χ2v) is 6.11. The summed E-state index contributed by atoms with van der Waals surface area (Å²) in [6.45, 7) is 2.54. The predicted octanol–water partition coefficient (Wildman–Crippen LogP) is 5.25. The Kier molecular flexibility index (Phi) is 4.28. The van der Waals surface area contributed by atoms with Crippen LogP contribution in [0.3, 0.4) is 0 Å². The van der Waals surface area contributed by atoms with E-state index in [0.29, 0.717) is 12.2 Å². The maximum Gasteiger partial charge on any atom is 0.256 e. The summed E-state index contributed by atoms with van der Waals surface area (Å²) in [6, 6.07) is 24.0. The normalized spacial score (nSPS) is 14.2. The number of benzene rings is 3. The van der Waals surface area contributed by atoms with Crippen LogP contribution in [0.2, 0.25) is 0 Å². The number of carbonyl (C=O) groups is 1. The van der Waals surface area contributed by atoms with E-state index in [1.165, 1.54) is 0 Å². The van der Waals surface area contributed by atoms with Gasteiger partial charge in [0.25, 0.3) is 5.91 Å². The molecule has 0 radical (unpaired) electrons. The molecule has 0 aromatic heterocycles. The van der Waals surface area contributed by atoms with E-state index < -0.39 is 0 Å². The van der Waals surface area contributed by atoms with Gasteiger partial charge in [-0.2, -0.15) is 0 Å². The van der Waals surface area contributed by atoms with Crippen LogP contribution >= 0.6 is 0 Å². The van der Waals surface area contributed by atoms with Crippen molar-refractivity contribution in [3.05, 3.63) is 83.9 Å². The highest BCUT2D eigenvalue weighted by molar-refractivity contribution is 6.35. The molecule has 0 saturated heterocycles. The van der Waals surface area contributed by atoms with Gasteiger partial charge in [-0.15, -0.1) is 0 Å². The van der Waals surface area contributed by atoms with Gasteiger partial charge in [-0.05, 0) is 36.3 Å². The van der Waals surface area contributed by atoms with E-state index in [-0.39, 0.29) is 5.91 Å². The van der Waals surface area contributed by atoms with Crippen molar-refractivity contribution in [3.8, 4) is 16.9 Å². The molecular formula is C23H19NO2. The summed E-state index contributed by atoms with van der Waals surface area (Å²) in [5, 5.41) is 2.98. The average Bonchev–Trinajstić information content (AvgIpc) is 2.99. The van der Waals surface area contributed by atoms with Gasteiger partial charge >= 0.3 is 0 Å². The zero-order valence-electron chi connectivity index (χ0n) is 14.5. The summed E-state index contributed by atoms with van der Waals surface area (Å²) in [7, 11) is 0. The van der Waals surface area contributed by atoms with Crippen LogP contribution in [0.5, 0.6) is 5.75 Å². The van der Waals surface area contributed by atoms with Crippen molar-refractivity contribution in [1.29, 1.82) is 0 Å². The van der Waals surface area contributed by atoms with Crippen LogP contribution in [0.4, 0.5) is 5.69 Å². The van der Waals surface area contributed by atoms with Gasteiger partial charge < -0.3 is 10.1 Å². The molecular weight excluding hydrogens is 322 g/mol. The molecule has 0 fully saturated rings. The average molecular weight is 341 g/mol. The lowest BCUT2D eigenvalue weighted by atomic mass is 9.99. The number of hydrogen-bond donors (Lipinski definition) is 1. The van der Waals surface area contributed by atoms with Gasteiger partial charge in [0, 0.05) is 22.4 Å². The molecule has 3 heteroatoms. The lowest BCUT2D eigenvalue weighted by molar-refractivity contribution is -0.110. The number of carbonyl (C=O) groups excluding carboxylic acids is 1. The quantitative estimate of drug-likeness (QED) is 0.659. The molecule has 0 spiro atoms. The van der Waals surface area contributed by atoms with E-state index in [9.17, 15) is 4.79 Å². The first-order valence-corrected chi connectivity index (χ1v) is 8.71. The fourth-order valence-corrected chi connectivity index (χ4v) is 3.19. The Morgan fingerprint density at radius 2 is 1.69 bits per heavy atom. The third kappa shape index (κ3) is 3.00. The Labute approximate surface area is 152 Å². The number of fused-ring (bicyclic) bond motifs is 1. The summed E-state index contributed by atoms with van der Waals surface area (Å²) in [4.78, 5) is 12.5. The predicted molar refractivity (Wildman–Crippen MR) is 106 cm³/mol. The van der Waals surface area contributed by atoms with E-state index in [1.807, 2.05) is 67.6 Å². The minimum Gasteiger partial charge on any atom is -0.493 e. The van der Waals surface area contributed by atoms with Gasteiger partial charge in [-0.25, -0.2) is 0 Å². The Morgan fingerprint density at radius 3 is 2.50 bits per heavy atom. The first kappa shape index (κ1) is 16.2. The Morgan fingerprint density at radius 1 is 0.923 bits per heavy atom. The molecule has 0 bridgehead atoms. The Balaban J connectivity index is 1.75. The lowest BCUT2D eigenvalue weighted by Gasteiger charge is -2.07. The smallest absolute Gasteiger partial charge is 0.256 e. The van der Waals surface area contributed by atoms with Crippen LogP contribution in [0, 0.1) is 0 Å². The number of anilines is 1. The van der Waals surface area contributed by atoms with Crippen molar-refractivity contribution in [2.75, 3.05) is 11.9 Å². The molecule has 3 nitrogen and oxygen atoms in total. The van der Waals surface area contributed by atoms with Crippen molar-refractivity contribution in [3.63, 3.8) is 0 Å². The fraction of sp³-hybridized carbons (Fsp3) is 0.0870. The van der Waals surface area contributed by atoms with E-state index in [2.05, 4.69) is 23.5 Å². The molecule has 0 atom stereocenters. The molecule has 0 unspecified atom stereocenters. The summed E-state index contributed by atoms with van der Waals surface area (Å²) >= 11 is 0. The van der Waals surface area contributed by atoms with Crippen LogP contribution in [0.15, 0.2) is 72.8 Å². The highest BCUT2D eigenvalue weighted by Crippen LogP contribution is 2.37. The summed E-state index contributed by atoms with van der Waals surface area (Å²) in [5.41, 5.74) is 5.54. The van der Waals surface area contributed by atoms with Gasteiger partial charge in [0.15, 0.2) is 0 Å². The van der Waals surface area contributed by atoms with Crippen LogP contribution < -0.4 is 10.1 Å². The van der Waals surface area contributed by atoms with Gasteiger partial charge in [0.05, 0.1) is 6.61 Å². The molecule has 1 aliphatic rings. The molecule has 3 aromatic rings. The Hall–Kier alpha value is -3.33. The minimum absolute atomic E-state index is 0.0866. The fourth-order valence-electron chi connectivity index (χ4n) is 3.19. The number of rotatable bonds is 4. The van der Waals surface area contributed by atoms with Crippen molar-refractivity contribution in [2.24, 2.45) is 0 Å². The molecule has 0 saturated carbocycles. The number of nitrogens with one attached hydrogen (secondary N) is 1. The molecule has 3 aromatic carbocycles. The summed E-state index contributed by atoms with van der Waals surface area (Å²) in [6.07, 6.45) is 1.90. The van der Waals surface area contributed by atoms with E-state index in [0.717, 1.165) is 33.7 Å². The molecule has 1 aliphatic heterocycles. The first-order chi connectivity index (χ1) is 12.8. The molecule has 1 N–H and O–H groups in total. The zero-order valence-corrected chi connectivity index (χ0v) is 14.5. The largest absolute Gasteiger partial charge is 0.493 e. The number of para-hydroxylation sites is 1. The lowest BCUT2D eigenvalue weighted by Crippen LogP contribution is -2.03. The van der Waals surface area contributed by atoms with Crippen LogP contribution in [0.1, 0.15) is 18.1 Å². The van der Waals surface area contributed by atoms with Crippen molar-refractivity contribution in [2.45, 2.75) is 6.92 Å². The van der Waals surface area contributed by atoms with E-state index >= 15 is 0 Å². The van der Waals surface area contributed by atoms with Crippen molar-refractivity contribution in [1.82, 2.24) is 0 Å². The highest BCUT2D eigenvalue weighted by atomic mass is 16.5. The van der Waals surface area contributed by atoms with Crippen LogP contribution in [0.25, 0.3) is 22.8 Å². The van der Waals surface area contributed by atoms with Crippen molar-refractivity contribution >= 4 is 23.2 Å². The number of ether oxygens (including phenoxy) is 1. The number of amides is 1. The van der Waals surface area contributed by atoms with Gasteiger partial charge in [-0.1, -0.05) is 60.7 Å². The summed E-state index contributed by atoms with van der Waals surface area (Å²) in [5.74, 6) is 0.696.